The summed E-state index contributed by atoms with van der Waals surface area (Å²) < 4.78 is 14.1. The van der Waals surface area contributed by atoms with Crippen molar-refractivity contribution in [3.8, 4) is 0 Å². The van der Waals surface area contributed by atoms with Crippen molar-refractivity contribution in [1.82, 2.24) is 5.43 Å². The summed E-state index contributed by atoms with van der Waals surface area (Å²) in [6.07, 6.45) is 6.44. The van der Waals surface area contributed by atoms with Crippen molar-refractivity contribution < 1.29 is 4.39 Å². The molecular weight excluding hydrogens is 239 g/mol. The quantitative estimate of drug-likeness (QED) is 0.644. The van der Waals surface area contributed by atoms with Gasteiger partial charge >= 0.3 is 0 Å². The Labute approximate surface area is 114 Å². The van der Waals surface area contributed by atoms with E-state index in [2.05, 4.69) is 5.43 Å². The van der Waals surface area contributed by atoms with Gasteiger partial charge in [-0.2, -0.15) is 0 Å². The van der Waals surface area contributed by atoms with E-state index < -0.39 is 0 Å². The van der Waals surface area contributed by atoms with Crippen molar-refractivity contribution in [2.45, 2.75) is 45.1 Å². The summed E-state index contributed by atoms with van der Waals surface area (Å²) in [5.74, 6) is 8.04. The fourth-order valence-corrected chi connectivity index (χ4v) is 4.17. The van der Waals surface area contributed by atoms with E-state index >= 15 is 0 Å². The Bertz CT molecular complexity index is 460. The molecule has 0 saturated heterocycles. The first-order valence-electron chi connectivity index (χ1n) is 7.39. The number of hydrogen-bond donors (Lipinski definition) is 2. The smallest absolute Gasteiger partial charge is 0.128 e. The monoisotopic (exact) mass is 262 g/mol. The highest BCUT2D eigenvalue weighted by Gasteiger charge is 2.40. The molecule has 3 rings (SSSR count). The second-order valence-corrected chi connectivity index (χ2v) is 6.41. The van der Waals surface area contributed by atoms with E-state index in [0.29, 0.717) is 0 Å². The first-order chi connectivity index (χ1) is 9.17. The molecule has 2 saturated carbocycles. The molecule has 0 amide bonds. The minimum absolute atomic E-state index is 0.0510. The SMILES string of the molecule is Cc1ccc(C(CC2CC3CCC2C3)NN)c(F)c1. The highest BCUT2D eigenvalue weighted by atomic mass is 19.1. The molecule has 19 heavy (non-hydrogen) atoms. The molecule has 0 aromatic heterocycles. The van der Waals surface area contributed by atoms with Crippen molar-refractivity contribution in [2.24, 2.45) is 23.6 Å². The Morgan fingerprint density at radius 3 is 2.79 bits per heavy atom. The number of rotatable bonds is 4. The van der Waals surface area contributed by atoms with Crippen LogP contribution in [-0.4, -0.2) is 0 Å². The van der Waals surface area contributed by atoms with Crippen LogP contribution in [0.4, 0.5) is 4.39 Å². The van der Waals surface area contributed by atoms with E-state index in [1.807, 2.05) is 19.1 Å². The van der Waals surface area contributed by atoms with Gasteiger partial charge < -0.3 is 0 Å². The van der Waals surface area contributed by atoms with Crippen LogP contribution in [-0.2, 0) is 0 Å². The number of fused-ring (bicyclic) bond motifs is 2. The van der Waals surface area contributed by atoms with Gasteiger partial charge in [0.2, 0.25) is 0 Å². The van der Waals surface area contributed by atoms with Crippen LogP contribution in [0.25, 0.3) is 0 Å². The normalized spacial score (nSPS) is 30.8. The summed E-state index contributed by atoms with van der Waals surface area (Å²) in [7, 11) is 0. The highest BCUT2D eigenvalue weighted by Crippen LogP contribution is 2.50. The lowest BCUT2D eigenvalue weighted by Crippen LogP contribution is -2.31. The number of hydrazine groups is 1. The summed E-state index contributed by atoms with van der Waals surface area (Å²) in [5, 5.41) is 0. The largest absolute Gasteiger partial charge is 0.271 e. The average molecular weight is 262 g/mol. The van der Waals surface area contributed by atoms with E-state index in [1.54, 1.807) is 6.07 Å². The van der Waals surface area contributed by atoms with Crippen molar-refractivity contribution in [2.75, 3.05) is 0 Å². The van der Waals surface area contributed by atoms with Crippen molar-refractivity contribution >= 4 is 0 Å². The minimum atomic E-state index is -0.133. The number of halogens is 1. The van der Waals surface area contributed by atoms with Crippen LogP contribution >= 0.6 is 0 Å². The Balaban J connectivity index is 1.73. The average Bonchev–Trinajstić information content (AvgIpc) is 2.99. The van der Waals surface area contributed by atoms with Crippen LogP contribution in [0, 0.1) is 30.5 Å². The van der Waals surface area contributed by atoms with Crippen LogP contribution in [0.2, 0.25) is 0 Å². The van der Waals surface area contributed by atoms with Crippen LogP contribution in [0.1, 0.15) is 49.3 Å². The van der Waals surface area contributed by atoms with E-state index in [-0.39, 0.29) is 11.9 Å². The maximum Gasteiger partial charge on any atom is 0.128 e. The number of benzene rings is 1. The molecule has 4 atom stereocenters. The fraction of sp³-hybridized carbons (Fsp3) is 0.625. The molecule has 0 spiro atoms. The Hall–Kier alpha value is -0.930. The van der Waals surface area contributed by atoms with Gasteiger partial charge in [0.25, 0.3) is 0 Å². The molecule has 3 heteroatoms. The zero-order valence-corrected chi connectivity index (χ0v) is 11.5. The number of hydrogen-bond acceptors (Lipinski definition) is 2. The maximum atomic E-state index is 14.1. The third kappa shape index (κ3) is 2.54. The first kappa shape index (κ1) is 13.1. The van der Waals surface area contributed by atoms with Gasteiger partial charge in [0, 0.05) is 11.6 Å². The third-order valence-electron chi connectivity index (χ3n) is 5.16. The molecule has 2 bridgehead atoms. The maximum absolute atomic E-state index is 14.1. The van der Waals surface area contributed by atoms with E-state index in [9.17, 15) is 4.39 Å². The fourth-order valence-electron chi connectivity index (χ4n) is 4.17. The topological polar surface area (TPSA) is 38.0 Å². The Morgan fingerprint density at radius 1 is 1.37 bits per heavy atom. The predicted molar refractivity (Wildman–Crippen MR) is 74.8 cm³/mol. The second kappa shape index (κ2) is 5.22. The molecule has 0 heterocycles. The Morgan fingerprint density at radius 2 is 2.21 bits per heavy atom. The molecular formula is C16H23FN2. The van der Waals surface area contributed by atoms with Crippen LogP contribution in [0.3, 0.4) is 0 Å². The molecule has 2 aliphatic rings. The van der Waals surface area contributed by atoms with E-state index in [4.69, 9.17) is 5.84 Å². The highest BCUT2D eigenvalue weighted by molar-refractivity contribution is 5.26. The summed E-state index contributed by atoms with van der Waals surface area (Å²) in [5.41, 5.74) is 4.50. The van der Waals surface area contributed by atoms with Gasteiger partial charge in [-0.3, -0.25) is 11.3 Å². The van der Waals surface area contributed by atoms with Crippen LogP contribution in [0.15, 0.2) is 18.2 Å². The predicted octanol–water partition coefficient (Wildman–Crippen LogP) is 3.46. The van der Waals surface area contributed by atoms with Gasteiger partial charge in [-0.25, -0.2) is 4.39 Å². The zero-order chi connectivity index (χ0) is 13.4. The van der Waals surface area contributed by atoms with Crippen LogP contribution in [0.5, 0.6) is 0 Å². The van der Waals surface area contributed by atoms with Gasteiger partial charge in [-0.15, -0.1) is 0 Å². The lowest BCUT2D eigenvalue weighted by Gasteiger charge is -2.27. The number of nitrogens with one attached hydrogen (secondary N) is 1. The molecule has 4 unspecified atom stereocenters. The van der Waals surface area contributed by atoms with Crippen LogP contribution < -0.4 is 11.3 Å². The van der Waals surface area contributed by atoms with Crippen molar-refractivity contribution in [3.63, 3.8) is 0 Å². The number of nitrogens with two attached hydrogens (primary N) is 1. The molecule has 2 aliphatic carbocycles. The van der Waals surface area contributed by atoms with Gasteiger partial charge in [-0.05, 0) is 62.0 Å². The zero-order valence-electron chi connectivity index (χ0n) is 11.5. The first-order valence-corrected chi connectivity index (χ1v) is 7.39. The minimum Gasteiger partial charge on any atom is -0.271 e. The molecule has 0 radical (unpaired) electrons. The molecule has 1 aromatic rings. The van der Waals surface area contributed by atoms with E-state index in [0.717, 1.165) is 35.3 Å². The molecule has 0 aliphatic heterocycles. The summed E-state index contributed by atoms with van der Waals surface area (Å²) in [6.45, 7) is 1.91. The summed E-state index contributed by atoms with van der Waals surface area (Å²) >= 11 is 0. The lowest BCUT2D eigenvalue weighted by atomic mass is 9.83. The van der Waals surface area contributed by atoms with E-state index in [1.165, 1.54) is 25.7 Å². The summed E-state index contributed by atoms with van der Waals surface area (Å²) in [4.78, 5) is 0. The molecule has 2 fully saturated rings. The second-order valence-electron chi connectivity index (χ2n) is 6.41. The van der Waals surface area contributed by atoms with Gasteiger partial charge in [0.15, 0.2) is 0 Å². The van der Waals surface area contributed by atoms with Gasteiger partial charge in [-0.1, -0.05) is 18.6 Å². The Kier molecular flexibility index (Phi) is 3.59. The molecule has 2 nitrogen and oxygen atoms in total. The van der Waals surface area contributed by atoms with Gasteiger partial charge in [0.1, 0.15) is 5.82 Å². The third-order valence-corrected chi connectivity index (χ3v) is 5.16. The molecule has 104 valence electrons. The van der Waals surface area contributed by atoms with Crippen molar-refractivity contribution in [1.29, 1.82) is 0 Å². The lowest BCUT2D eigenvalue weighted by molar-refractivity contribution is 0.277. The molecule has 3 N–H and O–H groups in total. The van der Waals surface area contributed by atoms with Crippen molar-refractivity contribution in [3.05, 3.63) is 35.1 Å². The number of aryl methyl sites for hydroxylation is 1. The summed E-state index contributed by atoms with van der Waals surface area (Å²) in [6, 6.07) is 5.39. The standard InChI is InChI=1S/C16H23FN2/c1-10-2-5-14(15(17)6-10)16(19-18)9-13-8-11-3-4-12(13)7-11/h2,5-6,11-13,16,19H,3-4,7-9,18H2,1H3. The molecule has 1 aromatic carbocycles. The van der Waals surface area contributed by atoms with Gasteiger partial charge in [0.05, 0.1) is 0 Å².